The van der Waals surface area contributed by atoms with Crippen LogP contribution >= 0.6 is 0 Å². The number of pyridine rings is 2. The summed E-state index contributed by atoms with van der Waals surface area (Å²) in [5.74, 6) is -0.350. The number of fused-ring (bicyclic) bond motifs is 1. The number of rotatable bonds is 9. The van der Waals surface area contributed by atoms with Crippen LogP contribution in [0.5, 0.6) is 5.75 Å². The molecule has 0 aliphatic carbocycles. The fourth-order valence-corrected chi connectivity index (χ4v) is 4.13. The van der Waals surface area contributed by atoms with Crippen LogP contribution in [-0.4, -0.2) is 39.0 Å². The maximum atomic E-state index is 14.7. The number of amides is 1. The maximum Gasteiger partial charge on any atom is 0.251 e. The molecule has 0 fully saturated rings. The topological polar surface area (TPSA) is 145 Å². The molecule has 192 valence electrons. The Kier molecular flexibility index (Phi) is 6.96. The lowest BCUT2D eigenvalue weighted by atomic mass is 10.1. The van der Waals surface area contributed by atoms with Gasteiger partial charge in [0.15, 0.2) is 5.82 Å². The molecule has 1 amide bonds. The highest BCUT2D eigenvalue weighted by atomic mass is 19.1. The van der Waals surface area contributed by atoms with Gasteiger partial charge in [-0.3, -0.25) is 14.8 Å². The summed E-state index contributed by atoms with van der Waals surface area (Å²) in [5, 5.41) is 3.88. The van der Waals surface area contributed by atoms with E-state index in [1.807, 2.05) is 49.4 Å². The van der Waals surface area contributed by atoms with Gasteiger partial charge < -0.3 is 26.5 Å². The fourth-order valence-electron chi connectivity index (χ4n) is 4.13. The SMILES string of the molecule is Cc1cccc(-c2[nH]c(CNc3cccc(C(N)=O)c3F)nc2-c2ccc3ncc(OCCN)cc3c2)n1. The molecule has 9 nitrogen and oxygen atoms in total. The minimum atomic E-state index is -0.832. The molecule has 5 aromatic rings. The number of H-pyrrole nitrogens is 1. The molecule has 5 rings (SSSR count). The zero-order valence-electron chi connectivity index (χ0n) is 20.7. The molecule has 0 aliphatic rings. The van der Waals surface area contributed by atoms with Gasteiger partial charge in [0, 0.05) is 23.2 Å². The molecule has 0 saturated carbocycles. The number of aromatic nitrogens is 4. The molecule has 6 N–H and O–H groups in total. The monoisotopic (exact) mass is 511 g/mol. The molecule has 0 aliphatic heterocycles. The summed E-state index contributed by atoms with van der Waals surface area (Å²) in [6.45, 7) is 2.89. The Hall–Kier alpha value is -4.83. The standard InChI is InChI=1S/C28H26FN7O2/c1-16-4-2-7-23(34-16)27-26(17-8-9-21-18(12-17)13-19(14-32-21)38-11-10-30)35-24(36-27)15-33-22-6-3-5-20(25(22)29)28(31)37/h2-9,12-14,33H,10-11,15,30H2,1H3,(H2,31,37)(H,35,36). The van der Waals surface area contributed by atoms with Gasteiger partial charge in [-0.2, -0.15) is 0 Å². The van der Waals surface area contributed by atoms with Gasteiger partial charge in [0.25, 0.3) is 5.91 Å². The number of nitrogens with one attached hydrogen (secondary N) is 2. The molecule has 0 saturated heterocycles. The lowest BCUT2D eigenvalue weighted by molar-refractivity contribution is 0.0996. The van der Waals surface area contributed by atoms with Crippen molar-refractivity contribution in [1.82, 2.24) is 19.9 Å². The van der Waals surface area contributed by atoms with Crippen molar-refractivity contribution in [3.05, 3.63) is 89.8 Å². The van der Waals surface area contributed by atoms with Gasteiger partial charge in [-0.05, 0) is 49.4 Å². The summed E-state index contributed by atoms with van der Waals surface area (Å²) in [4.78, 5) is 28.8. The molecule has 0 unspecified atom stereocenters. The molecule has 0 bridgehead atoms. The number of halogens is 1. The molecular formula is C28H26FN7O2. The molecule has 0 atom stereocenters. The first-order valence-electron chi connectivity index (χ1n) is 12.0. The van der Waals surface area contributed by atoms with Crippen molar-refractivity contribution in [2.24, 2.45) is 11.5 Å². The number of carbonyl (C=O) groups is 1. The number of benzene rings is 2. The summed E-state index contributed by atoms with van der Waals surface area (Å²) in [5.41, 5.74) is 15.4. The van der Waals surface area contributed by atoms with Crippen molar-refractivity contribution in [2.45, 2.75) is 13.5 Å². The zero-order chi connectivity index (χ0) is 26.6. The van der Waals surface area contributed by atoms with Crippen LogP contribution in [0.3, 0.4) is 0 Å². The van der Waals surface area contributed by atoms with Crippen molar-refractivity contribution >= 4 is 22.5 Å². The van der Waals surface area contributed by atoms with Crippen LogP contribution in [0, 0.1) is 12.7 Å². The first kappa shape index (κ1) is 24.8. The minimum Gasteiger partial charge on any atom is -0.491 e. The third kappa shape index (κ3) is 5.16. The predicted octanol–water partition coefficient (Wildman–Crippen LogP) is 4.18. The van der Waals surface area contributed by atoms with Crippen molar-refractivity contribution in [3.63, 3.8) is 0 Å². The number of aryl methyl sites for hydroxylation is 1. The minimum absolute atomic E-state index is 0.149. The molecule has 0 radical (unpaired) electrons. The summed E-state index contributed by atoms with van der Waals surface area (Å²) in [7, 11) is 0. The van der Waals surface area contributed by atoms with Gasteiger partial charge >= 0.3 is 0 Å². The number of hydrogen-bond acceptors (Lipinski definition) is 7. The summed E-state index contributed by atoms with van der Waals surface area (Å²) >= 11 is 0. The normalized spacial score (nSPS) is 11.0. The Bertz CT molecular complexity index is 1630. The number of primary amides is 1. The lowest BCUT2D eigenvalue weighted by Gasteiger charge is -2.08. The van der Waals surface area contributed by atoms with E-state index in [0.717, 1.165) is 33.5 Å². The third-order valence-corrected chi connectivity index (χ3v) is 5.92. The highest BCUT2D eigenvalue weighted by molar-refractivity contribution is 5.94. The van der Waals surface area contributed by atoms with Crippen LogP contribution in [0.15, 0.2) is 66.9 Å². The highest BCUT2D eigenvalue weighted by Crippen LogP contribution is 2.32. The first-order chi connectivity index (χ1) is 18.4. The fraction of sp³-hybridized carbons (Fsp3) is 0.143. The molecule has 38 heavy (non-hydrogen) atoms. The average Bonchev–Trinajstić information content (AvgIpc) is 3.35. The van der Waals surface area contributed by atoms with E-state index in [9.17, 15) is 9.18 Å². The number of anilines is 1. The van der Waals surface area contributed by atoms with Gasteiger partial charge in [-0.15, -0.1) is 0 Å². The second-order valence-electron chi connectivity index (χ2n) is 8.67. The van der Waals surface area contributed by atoms with E-state index in [1.165, 1.54) is 12.1 Å². The Morgan fingerprint density at radius 1 is 1.11 bits per heavy atom. The van der Waals surface area contributed by atoms with Gasteiger partial charge in [0.2, 0.25) is 0 Å². The van der Waals surface area contributed by atoms with Crippen LogP contribution in [-0.2, 0) is 6.54 Å². The third-order valence-electron chi connectivity index (χ3n) is 5.92. The Morgan fingerprint density at radius 2 is 1.95 bits per heavy atom. The number of hydrogen-bond donors (Lipinski definition) is 4. The number of imidazole rings is 1. The summed E-state index contributed by atoms with van der Waals surface area (Å²) in [6.07, 6.45) is 1.67. The van der Waals surface area contributed by atoms with Crippen LogP contribution in [0.4, 0.5) is 10.1 Å². The predicted molar refractivity (Wildman–Crippen MR) is 144 cm³/mol. The van der Waals surface area contributed by atoms with E-state index in [-0.39, 0.29) is 17.8 Å². The van der Waals surface area contributed by atoms with Crippen LogP contribution in [0.2, 0.25) is 0 Å². The van der Waals surface area contributed by atoms with E-state index < -0.39 is 11.7 Å². The van der Waals surface area contributed by atoms with Crippen molar-refractivity contribution in [2.75, 3.05) is 18.5 Å². The van der Waals surface area contributed by atoms with Crippen LogP contribution in [0.1, 0.15) is 21.9 Å². The molecule has 3 aromatic heterocycles. The molecule has 2 aromatic carbocycles. The molecular weight excluding hydrogens is 485 g/mol. The quantitative estimate of drug-likeness (QED) is 0.232. The highest BCUT2D eigenvalue weighted by Gasteiger charge is 2.17. The smallest absolute Gasteiger partial charge is 0.251 e. The van der Waals surface area contributed by atoms with Gasteiger partial charge in [0.1, 0.15) is 18.2 Å². The Balaban J connectivity index is 1.53. The van der Waals surface area contributed by atoms with Crippen LogP contribution in [0.25, 0.3) is 33.5 Å². The van der Waals surface area contributed by atoms with Crippen molar-refractivity contribution in [1.29, 1.82) is 0 Å². The summed E-state index contributed by atoms with van der Waals surface area (Å²) < 4.78 is 20.4. The number of nitrogens with zero attached hydrogens (tertiary/aromatic N) is 3. The number of carbonyl (C=O) groups excluding carboxylic acids is 1. The summed E-state index contributed by atoms with van der Waals surface area (Å²) in [6, 6.07) is 18.0. The first-order valence-corrected chi connectivity index (χ1v) is 12.0. The second kappa shape index (κ2) is 10.7. The number of ether oxygens (including phenoxy) is 1. The second-order valence-corrected chi connectivity index (χ2v) is 8.67. The molecule has 3 heterocycles. The molecule has 10 heteroatoms. The van der Waals surface area contributed by atoms with Crippen molar-refractivity contribution in [3.8, 4) is 28.4 Å². The average molecular weight is 512 g/mol. The van der Waals surface area contributed by atoms with E-state index >= 15 is 0 Å². The largest absolute Gasteiger partial charge is 0.491 e. The van der Waals surface area contributed by atoms with E-state index in [4.69, 9.17) is 21.2 Å². The Morgan fingerprint density at radius 3 is 2.74 bits per heavy atom. The molecule has 0 spiro atoms. The Labute approximate surface area is 218 Å². The van der Waals surface area contributed by atoms with Gasteiger partial charge in [-0.1, -0.05) is 18.2 Å². The maximum absolute atomic E-state index is 14.7. The zero-order valence-corrected chi connectivity index (χ0v) is 20.7. The lowest BCUT2D eigenvalue weighted by Crippen LogP contribution is -2.14. The number of nitrogens with two attached hydrogens (primary N) is 2. The van der Waals surface area contributed by atoms with Crippen LogP contribution < -0.4 is 21.5 Å². The number of aromatic amines is 1. The van der Waals surface area contributed by atoms with Gasteiger partial charge in [-0.25, -0.2) is 9.37 Å². The van der Waals surface area contributed by atoms with E-state index in [1.54, 1.807) is 12.3 Å². The van der Waals surface area contributed by atoms with E-state index in [0.29, 0.717) is 30.4 Å². The van der Waals surface area contributed by atoms with E-state index in [2.05, 4.69) is 20.3 Å². The van der Waals surface area contributed by atoms with Crippen molar-refractivity contribution < 1.29 is 13.9 Å². The van der Waals surface area contributed by atoms with Gasteiger partial charge in [0.05, 0.1) is 46.6 Å².